The lowest BCUT2D eigenvalue weighted by atomic mass is 9.84. The third-order valence-corrected chi connectivity index (χ3v) is 6.79. The summed E-state index contributed by atoms with van der Waals surface area (Å²) in [4.78, 5) is 12.8. The summed E-state index contributed by atoms with van der Waals surface area (Å²) >= 11 is 0. The number of amidine groups is 1. The van der Waals surface area contributed by atoms with E-state index < -0.39 is 23.4 Å². The van der Waals surface area contributed by atoms with Crippen LogP contribution in [0, 0.1) is 17.0 Å². The van der Waals surface area contributed by atoms with Crippen LogP contribution in [0.1, 0.15) is 80.3 Å². The Morgan fingerprint density at radius 3 is 2.24 bits per heavy atom. The summed E-state index contributed by atoms with van der Waals surface area (Å²) in [6.07, 6.45) is 2.15. The van der Waals surface area contributed by atoms with Gasteiger partial charge in [0.2, 0.25) is 0 Å². The molecule has 1 aliphatic carbocycles. The van der Waals surface area contributed by atoms with Crippen molar-refractivity contribution in [3.8, 4) is 0 Å². The summed E-state index contributed by atoms with van der Waals surface area (Å²) < 4.78 is 34.8. The van der Waals surface area contributed by atoms with Crippen LogP contribution in [-0.2, 0) is 11.3 Å². The largest absolute Gasteiger partial charge is 0.384 e. The summed E-state index contributed by atoms with van der Waals surface area (Å²) in [5.74, 6) is -1.92. The summed E-state index contributed by atoms with van der Waals surface area (Å²) in [5, 5.41) is 9.91. The lowest BCUT2D eigenvalue weighted by Gasteiger charge is -2.18. The molecule has 2 bridgehead atoms. The minimum Gasteiger partial charge on any atom is -0.384 e. The van der Waals surface area contributed by atoms with Gasteiger partial charge in [-0.25, -0.2) is 8.78 Å². The molecule has 3 aromatic carbocycles. The molecule has 3 aromatic rings. The van der Waals surface area contributed by atoms with Crippen molar-refractivity contribution in [2.75, 3.05) is 0 Å². The number of hydrogen-bond acceptors (Lipinski definition) is 3. The van der Waals surface area contributed by atoms with Crippen molar-refractivity contribution in [3.63, 3.8) is 0 Å². The van der Waals surface area contributed by atoms with Gasteiger partial charge in [-0.2, -0.15) is 0 Å². The van der Waals surface area contributed by atoms with Gasteiger partial charge in [0.05, 0.1) is 0 Å². The van der Waals surface area contributed by atoms with Crippen molar-refractivity contribution >= 4 is 11.7 Å². The van der Waals surface area contributed by atoms with E-state index in [0.717, 1.165) is 23.3 Å². The first-order chi connectivity index (χ1) is 15.9. The molecule has 0 spiro atoms. The smallest absolute Gasteiger partial charge is 0.251 e. The van der Waals surface area contributed by atoms with E-state index in [1.165, 1.54) is 29.5 Å². The molecule has 4 N–H and O–H groups in total. The average Bonchev–Trinajstić information content (AvgIpc) is 3.50. The van der Waals surface area contributed by atoms with Gasteiger partial charge in [-0.1, -0.05) is 24.3 Å². The summed E-state index contributed by atoms with van der Waals surface area (Å²) in [7, 11) is 0. The Hall–Kier alpha value is -3.58. The van der Waals surface area contributed by atoms with Crippen LogP contribution in [0.3, 0.4) is 0 Å². The Labute approximate surface area is 189 Å². The maximum absolute atomic E-state index is 14.3. The minimum atomic E-state index is -0.858. The molecule has 1 saturated carbocycles. The molecule has 6 rings (SSSR count). The number of benzene rings is 3. The molecule has 3 aliphatic rings. The molecular formula is C26H21F2N3O2. The van der Waals surface area contributed by atoms with E-state index in [9.17, 15) is 13.6 Å². The Balaban J connectivity index is 1.23. The van der Waals surface area contributed by atoms with E-state index in [4.69, 9.17) is 15.9 Å². The van der Waals surface area contributed by atoms with Gasteiger partial charge in [-0.3, -0.25) is 10.2 Å². The van der Waals surface area contributed by atoms with Gasteiger partial charge < -0.3 is 15.8 Å². The van der Waals surface area contributed by atoms with Gasteiger partial charge in [0.25, 0.3) is 5.91 Å². The van der Waals surface area contributed by atoms with Crippen LogP contribution in [0.5, 0.6) is 0 Å². The zero-order chi connectivity index (χ0) is 22.9. The summed E-state index contributed by atoms with van der Waals surface area (Å²) in [5.41, 5.74) is 11.1. The molecule has 1 amide bonds. The lowest BCUT2D eigenvalue weighted by Crippen LogP contribution is -2.24. The Kier molecular flexibility index (Phi) is 4.39. The normalized spacial score (nSPS) is 19.8. The second kappa shape index (κ2) is 7.22. The van der Waals surface area contributed by atoms with Crippen LogP contribution in [0.2, 0.25) is 0 Å². The molecule has 2 heterocycles. The Morgan fingerprint density at radius 2 is 1.58 bits per heavy atom. The van der Waals surface area contributed by atoms with Gasteiger partial charge >= 0.3 is 0 Å². The zero-order valence-corrected chi connectivity index (χ0v) is 17.6. The van der Waals surface area contributed by atoms with Crippen LogP contribution < -0.4 is 11.1 Å². The van der Waals surface area contributed by atoms with E-state index >= 15 is 0 Å². The highest BCUT2D eigenvalue weighted by Gasteiger charge is 2.43. The molecule has 1 fully saturated rings. The second-order valence-corrected chi connectivity index (χ2v) is 8.92. The van der Waals surface area contributed by atoms with Crippen LogP contribution in [-0.4, -0.2) is 11.7 Å². The Morgan fingerprint density at radius 1 is 0.939 bits per heavy atom. The van der Waals surface area contributed by atoms with Gasteiger partial charge in [0.1, 0.15) is 29.7 Å². The SMILES string of the molecule is N=C(N)c1cc(F)c(CNC(=O)c2ccc3c(c2)C2OC3c3ccc(C4CC4)cc32)c(F)c1. The maximum atomic E-state index is 14.3. The van der Waals surface area contributed by atoms with Crippen LogP contribution >= 0.6 is 0 Å². The fraction of sp³-hybridized carbons (Fsp3) is 0.231. The monoisotopic (exact) mass is 445 g/mol. The highest BCUT2D eigenvalue weighted by molar-refractivity contribution is 5.95. The van der Waals surface area contributed by atoms with E-state index in [1.807, 2.05) is 12.1 Å². The molecular weight excluding hydrogens is 424 g/mol. The number of ether oxygens (including phenoxy) is 1. The summed E-state index contributed by atoms with van der Waals surface area (Å²) in [6, 6.07) is 14.0. The predicted octanol–water partition coefficient (Wildman–Crippen LogP) is 4.58. The molecule has 5 nitrogen and oxygen atoms in total. The third-order valence-electron chi connectivity index (χ3n) is 6.79. The van der Waals surface area contributed by atoms with Gasteiger partial charge in [0.15, 0.2) is 0 Å². The van der Waals surface area contributed by atoms with Crippen molar-refractivity contribution in [3.05, 3.63) is 105 Å². The van der Waals surface area contributed by atoms with Crippen molar-refractivity contribution in [2.24, 2.45) is 5.73 Å². The van der Waals surface area contributed by atoms with E-state index in [0.29, 0.717) is 11.5 Å². The number of halogens is 2. The number of hydrogen-bond donors (Lipinski definition) is 3. The zero-order valence-electron chi connectivity index (χ0n) is 17.6. The minimum absolute atomic E-state index is 0.0427. The predicted molar refractivity (Wildman–Crippen MR) is 118 cm³/mol. The quantitative estimate of drug-likeness (QED) is 0.397. The number of rotatable bonds is 5. The van der Waals surface area contributed by atoms with Crippen molar-refractivity contribution in [1.82, 2.24) is 5.32 Å². The molecule has 0 aromatic heterocycles. The Bertz CT molecular complexity index is 1330. The number of nitrogen functional groups attached to an aromatic ring is 1. The number of carbonyl (C=O) groups is 1. The lowest BCUT2D eigenvalue weighted by molar-refractivity contribution is 0.0857. The fourth-order valence-electron chi connectivity index (χ4n) is 4.87. The maximum Gasteiger partial charge on any atom is 0.251 e. The van der Waals surface area contributed by atoms with E-state index in [-0.39, 0.29) is 29.9 Å². The third kappa shape index (κ3) is 3.23. The molecule has 2 aliphatic heterocycles. The summed E-state index contributed by atoms with van der Waals surface area (Å²) in [6.45, 7) is -0.318. The highest BCUT2D eigenvalue weighted by Crippen LogP contribution is 2.55. The number of amides is 1. The molecule has 166 valence electrons. The molecule has 2 unspecified atom stereocenters. The average molecular weight is 445 g/mol. The number of carbonyl (C=O) groups excluding carboxylic acids is 1. The van der Waals surface area contributed by atoms with Crippen LogP contribution in [0.4, 0.5) is 8.78 Å². The van der Waals surface area contributed by atoms with Gasteiger partial charge in [0, 0.05) is 23.2 Å². The van der Waals surface area contributed by atoms with Crippen molar-refractivity contribution in [2.45, 2.75) is 37.5 Å². The second-order valence-electron chi connectivity index (χ2n) is 8.92. The van der Waals surface area contributed by atoms with E-state index in [2.05, 4.69) is 23.5 Å². The van der Waals surface area contributed by atoms with Crippen LogP contribution in [0.15, 0.2) is 48.5 Å². The molecule has 0 radical (unpaired) electrons. The number of fused-ring (bicyclic) bond motifs is 8. The highest BCUT2D eigenvalue weighted by atomic mass is 19.1. The number of nitrogens with one attached hydrogen (secondary N) is 2. The first-order valence-electron chi connectivity index (χ1n) is 10.9. The molecule has 0 saturated heterocycles. The molecule has 2 atom stereocenters. The van der Waals surface area contributed by atoms with Crippen LogP contribution in [0.25, 0.3) is 0 Å². The van der Waals surface area contributed by atoms with Crippen molar-refractivity contribution in [1.29, 1.82) is 5.41 Å². The fourth-order valence-corrected chi connectivity index (χ4v) is 4.87. The van der Waals surface area contributed by atoms with Gasteiger partial charge in [-0.15, -0.1) is 0 Å². The van der Waals surface area contributed by atoms with Crippen molar-refractivity contribution < 1.29 is 18.3 Å². The molecule has 7 heteroatoms. The standard InChI is InChI=1S/C26H21F2N3O2/c27-21-9-15(25(29)30)10-22(28)20(21)11-31-26(32)14-4-6-17-19(8-14)24-18-7-13(12-1-2-12)3-5-16(18)23(17)33-24/h3-10,12,23-24H,1-2,11H2,(H3,29,30)(H,31,32). The first kappa shape index (κ1) is 20.1. The number of nitrogens with two attached hydrogens (primary N) is 1. The van der Waals surface area contributed by atoms with Gasteiger partial charge in [-0.05, 0) is 70.8 Å². The first-order valence-corrected chi connectivity index (χ1v) is 10.9. The topological polar surface area (TPSA) is 88.2 Å². The van der Waals surface area contributed by atoms with E-state index in [1.54, 1.807) is 6.07 Å². The molecule has 33 heavy (non-hydrogen) atoms.